The fourth-order valence-electron chi connectivity index (χ4n) is 2.96. The average Bonchev–Trinajstić information content (AvgIpc) is 3.37. The zero-order chi connectivity index (χ0) is 17.9. The minimum Gasteiger partial charge on any atom is -0.484 e. The van der Waals surface area contributed by atoms with E-state index in [1.807, 2.05) is 30.3 Å². The number of aryl methyl sites for hydroxylation is 1. The van der Waals surface area contributed by atoms with E-state index in [2.05, 4.69) is 27.6 Å². The summed E-state index contributed by atoms with van der Waals surface area (Å²) in [5, 5.41) is 10.6. The van der Waals surface area contributed by atoms with E-state index in [4.69, 9.17) is 9.15 Å². The van der Waals surface area contributed by atoms with Crippen LogP contribution < -0.4 is 10.1 Å². The number of amides is 1. The average molecular weight is 349 g/mol. The number of hydrogen-bond donors (Lipinski definition) is 1. The first-order chi connectivity index (χ1) is 12.7. The van der Waals surface area contributed by atoms with Crippen molar-refractivity contribution in [3.8, 4) is 5.75 Å². The molecule has 1 fully saturated rings. The van der Waals surface area contributed by atoms with Crippen molar-refractivity contribution in [3.05, 3.63) is 71.9 Å². The molecule has 132 valence electrons. The molecule has 0 saturated heterocycles. The maximum Gasteiger partial charge on any atom is 0.253 e. The normalized spacial score (nSPS) is 18.3. The summed E-state index contributed by atoms with van der Waals surface area (Å²) in [4.78, 5) is 12.4. The Bertz CT molecular complexity index is 890. The molecule has 2 atom stereocenters. The Balaban J connectivity index is 1.29. The number of anilines is 1. The van der Waals surface area contributed by atoms with Gasteiger partial charge in [0.1, 0.15) is 5.75 Å². The van der Waals surface area contributed by atoms with Crippen molar-refractivity contribution in [3.63, 3.8) is 0 Å². The molecular weight excluding hydrogens is 330 g/mol. The van der Waals surface area contributed by atoms with Crippen LogP contribution in [-0.2, 0) is 11.4 Å². The highest BCUT2D eigenvalue weighted by atomic mass is 16.5. The van der Waals surface area contributed by atoms with Crippen molar-refractivity contribution in [2.75, 3.05) is 5.32 Å². The Labute approximate surface area is 151 Å². The summed E-state index contributed by atoms with van der Waals surface area (Å²) in [6, 6.07) is 17.4. The molecule has 1 saturated carbocycles. The zero-order valence-electron chi connectivity index (χ0n) is 14.4. The number of rotatable bonds is 6. The quantitative estimate of drug-likeness (QED) is 0.734. The Morgan fingerprint density at radius 3 is 2.62 bits per heavy atom. The SMILES string of the molecule is Cc1nnc(COc2ccc(NC(=O)[C@H]3C[C@H]3c3ccccc3)cc2)o1. The minimum atomic E-state index is 0.0501. The van der Waals surface area contributed by atoms with Crippen LogP contribution in [0, 0.1) is 12.8 Å². The van der Waals surface area contributed by atoms with Crippen molar-refractivity contribution in [2.24, 2.45) is 5.92 Å². The third kappa shape index (κ3) is 3.74. The molecule has 6 nitrogen and oxygen atoms in total. The van der Waals surface area contributed by atoms with Crippen molar-refractivity contribution >= 4 is 11.6 Å². The monoisotopic (exact) mass is 349 g/mol. The van der Waals surface area contributed by atoms with Gasteiger partial charge in [-0.2, -0.15) is 0 Å². The maximum absolute atomic E-state index is 12.4. The molecule has 0 aliphatic heterocycles. The molecule has 3 aromatic rings. The summed E-state index contributed by atoms with van der Waals surface area (Å²) in [6.45, 7) is 1.95. The predicted molar refractivity (Wildman–Crippen MR) is 95.7 cm³/mol. The molecular formula is C20H19N3O3. The lowest BCUT2D eigenvalue weighted by Gasteiger charge is -2.07. The van der Waals surface area contributed by atoms with Gasteiger partial charge in [0.25, 0.3) is 5.89 Å². The molecule has 1 amide bonds. The van der Waals surface area contributed by atoms with Crippen LogP contribution >= 0.6 is 0 Å². The van der Waals surface area contributed by atoms with E-state index in [-0.39, 0.29) is 18.4 Å². The number of carbonyl (C=O) groups is 1. The molecule has 0 unspecified atom stereocenters. The van der Waals surface area contributed by atoms with E-state index in [1.54, 1.807) is 19.1 Å². The summed E-state index contributed by atoms with van der Waals surface area (Å²) >= 11 is 0. The van der Waals surface area contributed by atoms with Crippen molar-refractivity contribution in [1.82, 2.24) is 10.2 Å². The van der Waals surface area contributed by atoms with Crippen LogP contribution in [0.2, 0.25) is 0 Å². The molecule has 26 heavy (non-hydrogen) atoms. The van der Waals surface area contributed by atoms with Gasteiger partial charge in [-0.1, -0.05) is 30.3 Å². The largest absolute Gasteiger partial charge is 0.484 e. The van der Waals surface area contributed by atoms with Crippen LogP contribution in [0.1, 0.15) is 29.7 Å². The second-order valence-corrected chi connectivity index (χ2v) is 6.38. The van der Waals surface area contributed by atoms with Gasteiger partial charge < -0.3 is 14.5 Å². The van der Waals surface area contributed by atoms with Crippen LogP contribution in [0.25, 0.3) is 0 Å². The van der Waals surface area contributed by atoms with Crippen LogP contribution in [0.15, 0.2) is 59.0 Å². The highest BCUT2D eigenvalue weighted by molar-refractivity contribution is 5.95. The van der Waals surface area contributed by atoms with Crippen LogP contribution in [0.4, 0.5) is 5.69 Å². The Morgan fingerprint density at radius 2 is 1.92 bits per heavy atom. The molecule has 0 bridgehead atoms. The lowest BCUT2D eigenvalue weighted by atomic mass is 10.1. The number of nitrogens with one attached hydrogen (secondary N) is 1. The fraction of sp³-hybridized carbons (Fsp3) is 0.250. The van der Waals surface area contributed by atoms with E-state index >= 15 is 0 Å². The lowest BCUT2D eigenvalue weighted by Crippen LogP contribution is -2.14. The maximum atomic E-state index is 12.4. The van der Waals surface area contributed by atoms with Crippen LogP contribution in [0.5, 0.6) is 5.75 Å². The summed E-state index contributed by atoms with van der Waals surface area (Å²) in [5.41, 5.74) is 1.99. The number of carbonyl (C=O) groups excluding carboxylic acids is 1. The molecule has 1 aliphatic carbocycles. The molecule has 1 aromatic heterocycles. The Kier molecular flexibility index (Phi) is 4.39. The van der Waals surface area contributed by atoms with Gasteiger partial charge in [0.05, 0.1) is 0 Å². The van der Waals surface area contributed by atoms with E-state index < -0.39 is 0 Å². The second kappa shape index (κ2) is 7.00. The highest BCUT2D eigenvalue weighted by Crippen LogP contribution is 2.47. The van der Waals surface area contributed by atoms with Crippen LogP contribution in [0.3, 0.4) is 0 Å². The molecule has 1 heterocycles. The third-order valence-corrected chi connectivity index (χ3v) is 4.41. The summed E-state index contributed by atoms with van der Waals surface area (Å²) in [6.07, 6.45) is 0.903. The van der Waals surface area contributed by atoms with Gasteiger partial charge in [-0.25, -0.2) is 0 Å². The first-order valence-electron chi connectivity index (χ1n) is 8.57. The smallest absolute Gasteiger partial charge is 0.253 e. The fourth-order valence-corrected chi connectivity index (χ4v) is 2.96. The molecule has 4 rings (SSSR count). The Hall–Kier alpha value is -3.15. The first-order valence-corrected chi connectivity index (χ1v) is 8.57. The second-order valence-electron chi connectivity index (χ2n) is 6.38. The number of ether oxygens (including phenoxy) is 1. The van der Waals surface area contributed by atoms with Crippen LogP contribution in [-0.4, -0.2) is 16.1 Å². The molecule has 1 N–H and O–H groups in total. The molecule has 6 heteroatoms. The van der Waals surface area contributed by atoms with E-state index in [1.165, 1.54) is 5.56 Å². The van der Waals surface area contributed by atoms with Crippen molar-refractivity contribution in [2.45, 2.75) is 25.9 Å². The standard InChI is InChI=1S/C20H19N3O3/c1-13-22-23-19(26-13)12-25-16-9-7-15(8-10-16)21-20(24)18-11-17(18)14-5-3-2-4-6-14/h2-10,17-18H,11-12H2,1H3,(H,21,24)/t17-,18-/m0/s1. The number of hydrogen-bond acceptors (Lipinski definition) is 5. The minimum absolute atomic E-state index is 0.0501. The highest BCUT2D eigenvalue weighted by Gasteiger charge is 2.43. The van der Waals surface area contributed by atoms with Gasteiger partial charge in [-0.3, -0.25) is 4.79 Å². The summed E-state index contributed by atoms with van der Waals surface area (Å²) < 4.78 is 10.8. The third-order valence-electron chi connectivity index (χ3n) is 4.41. The van der Waals surface area contributed by atoms with Crippen molar-refractivity contribution < 1.29 is 13.9 Å². The van der Waals surface area contributed by atoms with Gasteiger partial charge >= 0.3 is 0 Å². The number of nitrogens with zero attached hydrogens (tertiary/aromatic N) is 2. The zero-order valence-corrected chi connectivity index (χ0v) is 14.4. The van der Waals surface area contributed by atoms with Gasteiger partial charge in [0.15, 0.2) is 6.61 Å². The van der Waals surface area contributed by atoms with Gasteiger partial charge in [0.2, 0.25) is 11.8 Å². The van der Waals surface area contributed by atoms with Gasteiger partial charge in [0, 0.05) is 18.5 Å². The molecule has 0 spiro atoms. The molecule has 1 aliphatic rings. The summed E-state index contributed by atoms with van der Waals surface area (Å²) in [7, 11) is 0. The topological polar surface area (TPSA) is 77.3 Å². The Morgan fingerprint density at radius 1 is 1.15 bits per heavy atom. The summed E-state index contributed by atoms with van der Waals surface area (Å²) in [5.74, 6) is 2.06. The molecule has 0 radical (unpaired) electrons. The first kappa shape index (κ1) is 16.3. The van der Waals surface area contributed by atoms with E-state index in [0.29, 0.717) is 23.4 Å². The van der Waals surface area contributed by atoms with Gasteiger partial charge in [-0.05, 0) is 42.2 Å². The predicted octanol–water partition coefficient (Wildman–Crippen LogP) is 3.70. The van der Waals surface area contributed by atoms with Crippen molar-refractivity contribution in [1.29, 1.82) is 0 Å². The van der Waals surface area contributed by atoms with Gasteiger partial charge in [-0.15, -0.1) is 10.2 Å². The molecule has 2 aromatic carbocycles. The van der Waals surface area contributed by atoms with E-state index in [0.717, 1.165) is 12.1 Å². The lowest BCUT2D eigenvalue weighted by molar-refractivity contribution is -0.117. The van der Waals surface area contributed by atoms with E-state index in [9.17, 15) is 4.79 Å². The number of aromatic nitrogens is 2. The number of benzene rings is 2.